The van der Waals surface area contributed by atoms with Crippen molar-refractivity contribution in [1.29, 1.82) is 0 Å². The van der Waals surface area contributed by atoms with Gasteiger partial charge in [-0.3, -0.25) is 10.1 Å². The summed E-state index contributed by atoms with van der Waals surface area (Å²) in [5, 5.41) is 6.08. The maximum absolute atomic E-state index is 12.1. The van der Waals surface area contributed by atoms with Crippen molar-refractivity contribution in [2.75, 3.05) is 32.5 Å². The van der Waals surface area contributed by atoms with Gasteiger partial charge in [0.15, 0.2) is 0 Å². The quantitative estimate of drug-likeness (QED) is 0.555. The minimum atomic E-state index is -0.517. The molecule has 24 heavy (non-hydrogen) atoms. The van der Waals surface area contributed by atoms with Gasteiger partial charge in [-0.05, 0) is 19.4 Å². The Bertz CT molecular complexity index is 625. The number of hydrogen-bond acceptors (Lipinski definition) is 4. The molecule has 5 N–H and O–H groups in total. The highest BCUT2D eigenvalue weighted by Gasteiger charge is 2.33. The topological polar surface area (TPSA) is 97.9 Å². The Labute approximate surface area is 146 Å². The molecule has 0 unspecified atom stereocenters. The number of quaternary nitrogens is 1. The van der Waals surface area contributed by atoms with Crippen LogP contribution in [0.15, 0.2) is 0 Å². The maximum atomic E-state index is 12.1. The van der Waals surface area contributed by atoms with E-state index in [0.717, 1.165) is 23.4 Å². The van der Waals surface area contributed by atoms with Crippen LogP contribution in [0, 0.1) is 0 Å². The van der Waals surface area contributed by atoms with Gasteiger partial charge in [0.25, 0.3) is 5.91 Å². The molecule has 0 spiro atoms. The van der Waals surface area contributed by atoms with Gasteiger partial charge in [0, 0.05) is 24.3 Å². The van der Waals surface area contributed by atoms with Crippen molar-refractivity contribution in [2.24, 2.45) is 5.73 Å². The summed E-state index contributed by atoms with van der Waals surface area (Å²) in [5.74, 6) is -0.517. The van der Waals surface area contributed by atoms with E-state index >= 15 is 0 Å². The molecule has 0 fully saturated rings. The zero-order chi connectivity index (χ0) is 17.9. The molecule has 2 rings (SSSR count). The van der Waals surface area contributed by atoms with Crippen LogP contribution in [0.5, 0.6) is 0 Å². The van der Waals surface area contributed by atoms with Gasteiger partial charge in [0.1, 0.15) is 5.00 Å². The Hall–Kier alpha value is -1.64. The third kappa shape index (κ3) is 4.68. The van der Waals surface area contributed by atoms with Crippen LogP contribution >= 0.6 is 11.3 Å². The average Bonchev–Trinajstić information content (AvgIpc) is 2.79. The lowest BCUT2D eigenvalue weighted by Crippen LogP contribution is -3.05. The van der Waals surface area contributed by atoms with Crippen molar-refractivity contribution >= 4 is 28.3 Å². The van der Waals surface area contributed by atoms with Crippen molar-refractivity contribution in [3.05, 3.63) is 16.0 Å². The first kappa shape index (κ1) is 18.7. The van der Waals surface area contributed by atoms with E-state index in [4.69, 9.17) is 10.5 Å². The number of carbonyl (C=O) groups excluding carboxylic acids is 2. The number of anilines is 1. The first-order valence-corrected chi connectivity index (χ1v) is 8.93. The molecule has 2 heterocycles. The average molecular weight is 355 g/mol. The Morgan fingerprint density at radius 2 is 2.08 bits per heavy atom. The number of nitrogens with one attached hydrogen (secondary N) is 3. The van der Waals surface area contributed by atoms with Gasteiger partial charge in [-0.1, -0.05) is 0 Å². The zero-order valence-electron chi connectivity index (χ0n) is 14.7. The predicted octanol–water partition coefficient (Wildman–Crippen LogP) is 0.354. The van der Waals surface area contributed by atoms with E-state index in [1.807, 2.05) is 13.8 Å². The number of rotatable bonds is 6. The van der Waals surface area contributed by atoms with E-state index in [1.54, 1.807) is 0 Å². The van der Waals surface area contributed by atoms with Crippen LogP contribution in [0.3, 0.4) is 0 Å². The predicted molar refractivity (Wildman–Crippen MR) is 94.7 cm³/mol. The smallest absolute Gasteiger partial charge is 0.319 e. The lowest BCUT2D eigenvalue weighted by molar-refractivity contribution is -0.858. The Kier molecular flexibility index (Phi) is 5.84. The molecule has 0 bridgehead atoms. The monoisotopic (exact) mass is 355 g/mol. The minimum Gasteiger partial charge on any atom is -0.370 e. The second kappa shape index (κ2) is 7.50. The third-order valence-corrected chi connectivity index (χ3v) is 5.02. The van der Waals surface area contributed by atoms with Crippen LogP contribution < -0.4 is 21.3 Å². The van der Waals surface area contributed by atoms with Gasteiger partial charge >= 0.3 is 6.03 Å². The van der Waals surface area contributed by atoms with Crippen LogP contribution in [0.2, 0.25) is 0 Å². The van der Waals surface area contributed by atoms with E-state index in [-0.39, 0.29) is 11.6 Å². The number of carbonyl (C=O) groups is 2. The van der Waals surface area contributed by atoms with Crippen molar-refractivity contribution in [3.8, 4) is 0 Å². The Morgan fingerprint density at radius 3 is 2.71 bits per heavy atom. The number of thiophene rings is 1. The fraction of sp³-hybridized carbons (Fsp3) is 0.625. The molecule has 7 nitrogen and oxygen atoms in total. The number of ether oxygens (including phenoxy) is 1. The highest BCUT2D eigenvalue weighted by Crippen LogP contribution is 2.40. The van der Waals surface area contributed by atoms with Crippen LogP contribution in [0.25, 0.3) is 0 Å². The van der Waals surface area contributed by atoms with Crippen LogP contribution in [0.1, 0.15) is 41.1 Å². The first-order valence-electron chi connectivity index (χ1n) is 8.12. The number of nitrogens with two attached hydrogens (primary N) is 1. The lowest BCUT2D eigenvalue weighted by atomic mass is 9.93. The van der Waals surface area contributed by atoms with Crippen LogP contribution in [-0.4, -0.2) is 44.7 Å². The summed E-state index contributed by atoms with van der Waals surface area (Å²) in [6, 6.07) is -0.315. The normalized spacial score (nSPS) is 15.9. The van der Waals surface area contributed by atoms with Crippen molar-refractivity contribution in [3.63, 3.8) is 0 Å². The summed E-state index contributed by atoms with van der Waals surface area (Å²) in [7, 11) is 4.14. The molecule has 0 aliphatic carbocycles. The van der Waals surface area contributed by atoms with Gasteiger partial charge in [0.2, 0.25) is 0 Å². The molecular formula is C16H27N4O3S+. The fourth-order valence-electron chi connectivity index (χ4n) is 2.69. The number of fused-ring (bicyclic) bond motifs is 1. The number of hydrogen-bond donors (Lipinski definition) is 4. The van der Waals surface area contributed by atoms with E-state index in [2.05, 4.69) is 24.7 Å². The Balaban J connectivity index is 2.07. The summed E-state index contributed by atoms with van der Waals surface area (Å²) in [4.78, 5) is 26.3. The highest BCUT2D eigenvalue weighted by molar-refractivity contribution is 7.17. The molecule has 3 amide bonds. The molecular weight excluding hydrogens is 328 g/mol. The summed E-state index contributed by atoms with van der Waals surface area (Å²) >= 11 is 1.36. The highest BCUT2D eigenvalue weighted by atomic mass is 32.1. The molecule has 8 heteroatoms. The Morgan fingerprint density at radius 1 is 1.38 bits per heavy atom. The summed E-state index contributed by atoms with van der Waals surface area (Å²) in [6.45, 7) is 5.95. The van der Waals surface area contributed by atoms with Gasteiger partial charge < -0.3 is 20.7 Å². The maximum Gasteiger partial charge on any atom is 0.319 e. The number of primary amides is 1. The first-order chi connectivity index (χ1) is 11.2. The van der Waals surface area contributed by atoms with Gasteiger partial charge in [-0.25, -0.2) is 4.79 Å². The molecule has 0 aromatic carbocycles. The van der Waals surface area contributed by atoms with E-state index in [0.29, 0.717) is 30.1 Å². The number of amides is 3. The van der Waals surface area contributed by atoms with Crippen molar-refractivity contribution in [2.45, 2.75) is 38.9 Å². The lowest BCUT2D eigenvalue weighted by Gasteiger charge is -2.30. The van der Waals surface area contributed by atoms with E-state index < -0.39 is 5.91 Å². The molecule has 0 saturated carbocycles. The summed E-state index contributed by atoms with van der Waals surface area (Å²) < 4.78 is 5.77. The van der Waals surface area contributed by atoms with Gasteiger partial charge in [0.05, 0.1) is 38.4 Å². The molecule has 1 aliphatic rings. The SMILES string of the molecule is C[NH+](C)CCCNC(=O)Nc1sc2c(c1C(N)=O)CC(C)(C)OC2. The molecule has 0 saturated heterocycles. The standard InChI is InChI=1S/C16H26N4O3S/c1-16(2)8-10-11(9-23-16)24-14(12(10)13(17)21)19-15(22)18-6-5-7-20(3)4/h5-9H2,1-4H3,(H2,17,21)(H2,18,19,22)/p+1. The summed E-state index contributed by atoms with van der Waals surface area (Å²) in [5.41, 5.74) is 6.53. The van der Waals surface area contributed by atoms with Gasteiger partial charge in [-0.15, -0.1) is 11.3 Å². The molecule has 0 atom stereocenters. The van der Waals surface area contributed by atoms with Crippen molar-refractivity contribution in [1.82, 2.24) is 5.32 Å². The van der Waals surface area contributed by atoms with Crippen LogP contribution in [-0.2, 0) is 17.8 Å². The van der Waals surface area contributed by atoms with E-state index in [9.17, 15) is 9.59 Å². The molecule has 0 radical (unpaired) electrons. The largest absolute Gasteiger partial charge is 0.370 e. The molecule has 1 aromatic heterocycles. The second-order valence-electron chi connectivity index (χ2n) is 6.99. The fourth-order valence-corrected chi connectivity index (χ4v) is 3.82. The minimum absolute atomic E-state index is 0.315. The zero-order valence-corrected chi connectivity index (χ0v) is 15.6. The van der Waals surface area contributed by atoms with Crippen molar-refractivity contribution < 1.29 is 19.2 Å². The third-order valence-electron chi connectivity index (χ3n) is 3.90. The van der Waals surface area contributed by atoms with Gasteiger partial charge in [-0.2, -0.15) is 0 Å². The molecule has 1 aromatic rings. The molecule has 134 valence electrons. The molecule has 1 aliphatic heterocycles. The number of urea groups is 1. The van der Waals surface area contributed by atoms with E-state index in [1.165, 1.54) is 16.2 Å². The van der Waals surface area contributed by atoms with Crippen LogP contribution in [0.4, 0.5) is 9.80 Å². The second-order valence-corrected chi connectivity index (χ2v) is 8.09. The summed E-state index contributed by atoms with van der Waals surface area (Å²) in [6.07, 6.45) is 1.49.